The highest BCUT2D eigenvalue weighted by Gasteiger charge is 2.43. The molecule has 0 bridgehead atoms. The molecule has 0 amide bonds. The largest absolute Gasteiger partial charge is 0.478 e. The standard InChI is InChI=1S/C26H40O8/c1-7-18-13-19(23(25(29)30)22(14-18)32-15-31-6)9-8-10-21-24(34-26(4,5)33-21)20(28)12-11-16(2)17(3)27/h11-14,16-17,20-21,24,27-28H,7-10,15H2,1-6H3,(H,29,30)/b12-11-/t16-,17+,20?,21+,24-/m1/s1. The van der Waals surface area contributed by atoms with Crippen LogP contribution in [-0.2, 0) is 27.1 Å². The Kier molecular flexibility index (Phi) is 10.5. The maximum absolute atomic E-state index is 12.0. The van der Waals surface area contributed by atoms with Crippen LogP contribution in [0.4, 0.5) is 0 Å². The van der Waals surface area contributed by atoms with Crippen molar-refractivity contribution in [2.24, 2.45) is 5.92 Å². The first-order chi connectivity index (χ1) is 16.0. The van der Waals surface area contributed by atoms with Gasteiger partial charge in [0.25, 0.3) is 0 Å². The smallest absolute Gasteiger partial charge is 0.339 e. The summed E-state index contributed by atoms with van der Waals surface area (Å²) in [6.07, 6.45) is 3.57. The number of ether oxygens (including phenoxy) is 4. The molecule has 8 heteroatoms. The number of carboxylic acid groups (broad SMARTS) is 1. The number of carboxylic acids is 1. The van der Waals surface area contributed by atoms with E-state index in [1.807, 2.05) is 33.8 Å². The van der Waals surface area contributed by atoms with E-state index in [-0.39, 0.29) is 24.4 Å². The molecular weight excluding hydrogens is 440 g/mol. The number of benzene rings is 1. The molecule has 192 valence electrons. The Morgan fingerprint density at radius 2 is 1.91 bits per heavy atom. The van der Waals surface area contributed by atoms with Crippen LogP contribution in [0.2, 0.25) is 0 Å². The predicted molar refractivity (Wildman–Crippen MR) is 128 cm³/mol. The molecule has 0 aliphatic carbocycles. The van der Waals surface area contributed by atoms with E-state index in [0.717, 1.165) is 12.0 Å². The van der Waals surface area contributed by atoms with Crippen molar-refractivity contribution in [3.63, 3.8) is 0 Å². The molecule has 0 saturated carbocycles. The zero-order valence-electron chi connectivity index (χ0n) is 21.1. The van der Waals surface area contributed by atoms with E-state index in [9.17, 15) is 20.1 Å². The van der Waals surface area contributed by atoms with Crippen LogP contribution >= 0.6 is 0 Å². The Bertz CT molecular complexity index is 832. The first-order valence-corrected chi connectivity index (χ1v) is 11.9. The minimum Gasteiger partial charge on any atom is -0.478 e. The number of methoxy groups -OCH3 is 1. The van der Waals surface area contributed by atoms with E-state index in [0.29, 0.717) is 30.6 Å². The quantitative estimate of drug-likeness (QED) is 0.289. The summed E-state index contributed by atoms with van der Waals surface area (Å²) in [7, 11) is 1.49. The summed E-state index contributed by atoms with van der Waals surface area (Å²) in [5.41, 5.74) is 1.82. The van der Waals surface area contributed by atoms with Crippen molar-refractivity contribution in [1.29, 1.82) is 0 Å². The lowest BCUT2D eigenvalue weighted by Crippen LogP contribution is -2.34. The molecule has 0 spiro atoms. The van der Waals surface area contributed by atoms with Crippen molar-refractivity contribution in [1.82, 2.24) is 0 Å². The molecule has 1 aromatic carbocycles. The SMILES string of the molecule is CCc1cc(CCC[C@@H]2OC(C)(C)O[C@@H]2C(O)/C=C\[C@@H](C)[C@H](C)O)c(C(=O)O)c(OCOC)c1. The third-order valence-corrected chi connectivity index (χ3v) is 6.06. The van der Waals surface area contributed by atoms with Crippen molar-refractivity contribution in [3.8, 4) is 5.75 Å². The molecule has 1 aliphatic rings. The first kappa shape index (κ1) is 28.3. The van der Waals surface area contributed by atoms with Gasteiger partial charge in [-0.05, 0) is 69.6 Å². The van der Waals surface area contributed by atoms with Gasteiger partial charge in [0.2, 0.25) is 0 Å². The lowest BCUT2D eigenvalue weighted by molar-refractivity contribution is -0.152. The fourth-order valence-corrected chi connectivity index (χ4v) is 4.05. The number of carbonyl (C=O) groups is 1. The van der Waals surface area contributed by atoms with E-state index < -0.39 is 30.1 Å². The number of aromatic carboxylic acids is 1. The second kappa shape index (κ2) is 12.7. The van der Waals surface area contributed by atoms with Crippen molar-refractivity contribution < 1.29 is 39.1 Å². The highest BCUT2D eigenvalue weighted by molar-refractivity contribution is 5.93. The van der Waals surface area contributed by atoms with Crippen LogP contribution in [0.5, 0.6) is 5.75 Å². The monoisotopic (exact) mass is 480 g/mol. The summed E-state index contributed by atoms with van der Waals surface area (Å²) in [4.78, 5) is 12.0. The van der Waals surface area contributed by atoms with Crippen molar-refractivity contribution >= 4 is 5.97 Å². The molecule has 5 atom stereocenters. The molecule has 2 rings (SSSR count). The van der Waals surface area contributed by atoms with Crippen LogP contribution in [0.3, 0.4) is 0 Å². The van der Waals surface area contributed by atoms with Gasteiger partial charge in [-0.1, -0.05) is 32.1 Å². The number of hydrogen-bond donors (Lipinski definition) is 3. The van der Waals surface area contributed by atoms with Gasteiger partial charge in [0.1, 0.15) is 23.5 Å². The lowest BCUT2D eigenvalue weighted by atomic mass is 9.94. The number of rotatable bonds is 13. The molecule has 0 aromatic heterocycles. The average molecular weight is 481 g/mol. The minimum absolute atomic E-state index is 0.0318. The van der Waals surface area contributed by atoms with Crippen molar-refractivity contribution in [2.45, 2.75) is 90.5 Å². The van der Waals surface area contributed by atoms with Crippen LogP contribution in [-0.4, -0.2) is 65.4 Å². The zero-order chi connectivity index (χ0) is 25.5. The summed E-state index contributed by atoms with van der Waals surface area (Å²) in [5.74, 6) is -1.68. The molecule has 1 heterocycles. The Morgan fingerprint density at radius 1 is 1.21 bits per heavy atom. The minimum atomic E-state index is -1.05. The Balaban J connectivity index is 2.15. The van der Waals surface area contributed by atoms with Crippen LogP contribution < -0.4 is 4.74 Å². The van der Waals surface area contributed by atoms with Crippen molar-refractivity contribution in [3.05, 3.63) is 41.0 Å². The van der Waals surface area contributed by atoms with E-state index in [1.165, 1.54) is 7.11 Å². The van der Waals surface area contributed by atoms with E-state index in [1.54, 1.807) is 25.1 Å². The molecule has 34 heavy (non-hydrogen) atoms. The second-order valence-electron chi connectivity index (χ2n) is 9.34. The first-order valence-electron chi connectivity index (χ1n) is 11.9. The third-order valence-electron chi connectivity index (χ3n) is 6.06. The number of aryl methyl sites for hydroxylation is 2. The summed E-state index contributed by atoms with van der Waals surface area (Å²) in [6.45, 7) is 9.16. The molecule has 1 aromatic rings. The molecule has 3 N–H and O–H groups in total. The fraction of sp³-hybridized carbons (Fsp3) is 0.654. The zero-order valence-corrected chi connectivity index (χ0v) is 21.1. The number of hydrogen-bond acceptors (Lipinski definition) is 7. The van der Waals surface area contributed by atoms with E-state index in [2.05, 4.69) is 0 Å². The van der Waals surface area contributed by atoms with Gasteiger partial charge in [-0.3, -0.25) is 0 Å². The summed E-state index contributed by atoms with van der Waals surface area (Å²) < 4.78 is 22.5. The highest BCUT2D eigenvalue weighted by atomic mass is 16.8. The average Bonchev–Trinajstić information content (AvgIpc) is 3.09. The van der Waals surface area contributed by atoms with Gasteiger partial charge < -0.3 is 34.3 Å². The summed E-state index contributed by atoms with van der Waals surface area (Å²) >= 11 is 0. The van der Waals surface area contributed by atoms with Crippen LogP contribution in [0, 0.1) is 5.92 Å². The Morgan fingerprint density at radius 3 is 2.50 bits per heavy atom. The summed E-state index contributed by atoms with van der Waals surface area (Å²) in [5, 5.41) is 30.2. The molecule has 1 fully saturated rings. The normalized spacial score (nSPS) is 22.6. The predicted octanol–water partition coefficient (Wildman–Crippen LogP) is 3.71. The van der Waals surface area contributed by atoms with Gasteiger partial charge >= 0.3 is 5.97 Å². The maximum Gasteiger partial charge on any atom is 0.339 e. The molecule has 1 unspecified atom stereocenters. The van der Waals surface area contributed by atoms with Crippen LogP contribution in [0.1, 0.15) is 68.9 Å². The van der Waals surface area contributed by atoms with Crippen LogP contribution in [0.25, 0.3) is 0 Å². The van der Waals surface area contributed by atoms with Crippen molar-refractivity contribution in [2.75, 3.05) is 13.9 Å². The molecule has 8 nitrogen and oxygen atoms in total. The van der Waals surface area contributed by atoms with Gasteiger partial charge in [0.05, 0.1) is 12.2 Å². The van der Waals surface area contributed by atoms with Gasteiger partial charge in [-0.15, -0.1) is 0 Å². The van der Waals surface area contributed by atoms with Crippen LogP contribution in [0.15, 0.2) is 24.3 Å². The van der Waals surface area contributed by atoms with Gasteiger partial charge in [0, 0.05) is 7.11 Å². The van der Waals surface area contributed by atoms with E-state index in [4.69, 9.17) is 18.9 Å². The maximum atomic E-state index is 12.0. The molecule has 0 radical (unpaired) electrons. The number of aliphatic hydroxyl groups excluding tert-OH is 2. The van der Waals surface area contributed by atoms with Gasteiger partial charge in [0.15, 0.2) is 12.6 Å². The lowest BCUT2D eigenvalue weighted by Gasteiger charge is -2.21. The number of aliphatic hydroxyl groups is 2. The van der Waals surface area contributed by atoms with Gasteiger partial charge in [-0.25, -0.2) is 4.79 Å². The molecule has 1 saturated heterocycles. The fourth-order valence-electron chi connectivity index (χ4n) is 4.05. The van der Waals surface area contributed by atoms with Gasteiger partial charge in [-0.2, -0.15) is 0 Å². The third kappa shape index (κ3) is 7.78. The summed E-state index contributed by atoms with van der Waals surface area (Å²) in [6, 6.07) is 3.65. The second-order valence-corrected chi connectivity index (χ2v) is 9.34. The Hall–Kier alpha value is -1.97. The molecule has 1 aliphatic heterocycles. The molecular formula is C26H40O8. The highest BCUT2D eigenvalue weighted by Crippen LogP contribution is 2.34. The van der Waals surface area contributed by atoms with E-state index >= 15 is 0 Å². The Labute approximate surface area is 202 Å². The topological polar surface area (TPSA) is 115 Å².